The third-order valence-corrected chi connectivity index (χ3v) is 3.00. The fraction of sp³-hybridized carbons (Fsp3) is 0.158. The minimum absolute atomic E-state index is 0.0216. The molecule has 0 fully saturated rings. The third-order valence-electron chi connectivity index (χ3n) is 3.00. The van der Waals surface area contributed by atoms with Crippen LogP contribution in [0.4, 0.5) is 5.69 Å². The molecule has 5 heteroatoms. The Labute approximate surface area is 141 Å². The molecule has 0 saturated carbocycles. The van der Waals surface area contributed by atoms with Gasteiger partial charge in [-0.25, -0.2) is 0 Å². The van der Waals surface area contributed by atoms with E-state index in [9.17, 15) is 4.79 Å². The molecule has 0 saturated heterocycles. The molecule has 2 N–H and O–H groups in total. The second-order valence-electron chi connectivity index (χ2n) is 5.38. The Morgan fingerprint density at radius 1 is 1.08 bits per heavy atom. The van der Waals surface area contributed by atoms with Gasteiger partial charge in [0, 0.05) is 17.9 Å². The van der Waals surface area contributed by atoms with Crippen molar-refractivity contribution in [3.05, 3.63) is 66.4 Å². The first-order valence-corrected chi connectivity index (χ1v) is 7.59. The highest BCUT2D eigenvalue weighted by Gasteiger charge is 2.09. The molecule has 2 aromatic rings. The maximum absolute atomic E-state index is 11.8. The normalized spacial score (nSPS) is 10.8. The van der Waals surface area contributed by atoms with Gasteiger partial charge in [0.25, 0.3) is 5.91 Å². The minimum atomic E-state index is -0.399. The summed E-state index contributed by atoms with van der Waals surface area (Å²) in [4.78, 5) is 11.8. The molecule has 0 bridgehead atoms. The number of anilines is 1. The van der Waals surface area contributed by atoms with E-state index < -0.39 is 5.91 Å². The number of carbonyl (C=O) groups is 1. The second kappa shape index (κ2) is 8.39. The molecule has 2 rings (SSSR count). The zero-order valence-electron chi connectivity index (χ0n) is 13.6. The molecule has 0 aliphatic heterocycles. The summed E-state index contributed by atoms with van der Waals surface area (Å²) in [5.41, 5.74) is 0.772. The summed E-state index contributed by atoms with van der Waals surface area (Å²) in [7, 11) is 0. The van der Waals surface area contributed by atoms with Crippen molar-refractivity contribution in [3.63, 3.8) is 0 Å². The second-order valence-corrected chi connectivity index (χ2v) is 5.38. The van der Waals surface area contributed by atoms with Crippen molar-refractivity contribution in [1.82, 2.24) is 5.32 Å². The maximum atomic E-state index is 11.8. The smallest absolute Gasteiger partial charge is 0.263 e. The van der Waals surface area contributed by atoms with Gasteiger partial charge >= 0.3 is 0 Å². The molecule has 0 aromatic heterocycles. The summed E-state index contributed by atoms with van der Waals surface area (Å²) in [5, 5.41) is 14.7. The molecular formula is C19H19N3O2. The summed E-state index contributed by atoms with van der Waals surface area (Å²) in [6.07, 6.45) is 1.39. The van der Waals surface area contributed by atoms with Gasteiger partial charge in [0.15, 0.2) is 0 Å². The van der Waals surface area contributed by atoms with Crippen LogP contribution in [0, 0.1) is 11.3 Å². The van der Waals surface area contributed by atoms with Crippen LogP contribution in [0.3, 0.4) is 0 Å². The molecule has 0 heterocycles. The molecule has 24 heavy (non-hydrogen) atoms. The fourth-order valence-corrected chi connectivity index (χ4v) is 1.89. The first-order chi connectivity index (χ1) is 11.6. The Morgan fingerprint density at radius 2 is 1.71 bits per heavy atom. The van der Waals surface area contributed by atoms with E-state index in [-0.39, 0.29) is 11.6 Å². The highest BCUT2D eigenvalue weighted by atomic mass is 16.5. The number of nitrogens with one attached hydrogen (secondary N) is 2. The largest absolute Gasteiger partial charge is 0.457 e. The number of amides is 1. The van der Waals surface area contributed by atoms with E-state index in [1.54, 1.807) is 0 Å². The van der Waals surface area contributed by atoms with E-state index in [0.717, 1.165) is 11.4 Å². The van der Waals surface area contributed by atoms with E-state index in [4.69, 9.17) is 10.00 Å². The lowest BCUT2D eigenvalue weighted by atomic mass is 10.2. The van der Waals surface area contributed by atoms with Gasteiger partial charge in [0.1, 0.15) is 23.1 Å². The number of carbonyl (C=O) groups excluding carboxylic acids is 1. The van der Waals surface area contributed by atoms with Gasteiger partial charge in [0.05, 0.1) is 0 Å². The van der Waals surface area contributed by atoms with E-state index in [1.807, 2.05) is 74.5 Å². The van der Waals surface area contributed by atoms with Crippen LogP contribution in [0.1, 0.15) is 13.8 Å². The van der Waals surface area contributed by atoms with Gasteiger partial charge in [0.2, 0.25) is 0 Å². The molecule has 0 atom stereocenters. The van der Waals surface area contributed by atoms with Crippen molar-refractivity contribution < 1.29 is 9.53 Å². The average Bonchev–Trinajstić information content (AvgIpc) is 2.57. The van der Waals surface area contributed by atoms with Gasteiger partial charge in [-0.2, -0.15) is 5.26 Å². The predicted molar refractivity (Wildman–Crippen MR) is 93.6 cm³/mol. The van der Waals surface area contributed by atoms with Crippen LogP contribution in [0.5, 0.6) is 11.5 Å². The molecule has 0 unspecified atom stereocenters. The molecule has 0 radical (unpaired) electrons. The maximum Gasteiger partial charge on any atom is 0.263 e. The Balaban J connectivity index is 1.99. The van der Waals surface area contributed by atoms with Gasteiger partial charge in [-0.05, 0) is 50.2 Å². The Morgan fingerprint density at radius 3 is 2.29 bits per heavy atom. The number of rotatable bonds is 6. The van der Waals surface area contributed by atoms with Crippen LogP contribution in [0.2, 0.25) is 0 Å². The van der Waals surface area contributed by atoms with E-state index in [1.165, 1.54) is 6.20 Å². The summed E-state index contributed by atoms with van der Waals surface area (Å²) in [6.45, 7) is 3.68. The van der Waals surface area contributed by atoms with E-state index in [2.05, 4.69) is 10.6 Å². The lowest BCUT2D eigenvalue weighted by Crippen LogP contribution is -2.31. The molecule has 122 valence electrons. The Hall–Kier alpha value is -3.26. The summed E-state index contributed by atoms with van der Waals surface area (Å²) in [6, 6.07) is 18.6. The number of hydrogen-bond donors (Lipinski definition) is 2. The lowest BCUT2D eigenvalue weighted by Gasteiger charge is -2.08. The monoisotopic (exact) mass is 321 g/mol. The topological polar surface area (TPSA) is 74.2 Å². The molecule has 0 aliphatic rings. The average molecular weight is 321 g/mol. The number of hydrogen-bond acceptors (Lipinski definition) is 4. The predicted octanol–water partition coefficient (Wildman–Crippen LogP) is 3.82. The molecule has 1 amide bonds. The van der Waals surface area contributed by atoms with E-state index >= 15 is 0 Å². The molecule has 5 nitrogen and oxygen atoms in total. The number of para-hydroxylation sites is 1. The summed E-state index contributed by atoms with van der Waals surface area (Å²) < 4.78 is 5.70. The highest BCUT2D eigenvalue weighted by Crippen LogP contribution is 2.22. The molecule has 2 aromatic carbocycles. The van der Waals surface area contributed by atoms with Crippen LogP contribution < -0.4 is 15.4 Å². The van der Waals surface area contributed by atoms with Crippen molar-refractivity contribution in [2.24, 2.45) is 0 Å². The number of nitriles is 1. The zero-order valence-corrected chi connectivity index (χ0v) is 13.6. The van der Waals surface area contributed by atoms with Crippen LogP contribution in [-0.4, -0.2) is 11.9 Å². The van der Waals surface area contributed by atoms with Crippen molar-refractivity contribution >= 4 is 11.6 Å². The van der Waals surface area contributed by atoms with Gasteiger partial charge < -0.3 is 15.4 Å². The fourth-order valence-electron chi connectivity index (χ4n) is 1.89. The lowest BCUT2D eigenvalue weighted by molar-refractivity contribution is -0.117. The minimum Gasteiger partial charge on any atom is -0.457 e. The van der Waals surface area contributed by atoms with Gasteiger partial charge in [-0.1, -0.05) is 18.2 Å². The first kappa shape index (κ1) is 17.1. The van der Waals surface area contributed by atoms with Crippen LogP contribution >= 0.6 is 0 Å². The number of ether oxygens (including phenoxy) is 1. The van der Waals surface area contributed by atoms with Crippen molar-refractivity contribution in [1.29, 1.82) is 5.26 Å². The Kier molecular flexibility index (Phi) is 5.98. The standard InChI is InChI=1S/C19H19N3O2/c1-14(2)22-19(23)15(12-20)13-21-16-8-10-18(11-9-16)24-17-6-4-3-5-7-17/h3-11,13-14,21H,1-2H3,(H,22,23)/b15-13-. The SMILES string of the molecule is CC(C)NC(=O)/C(C#N)=C\Nc1ccc(Oc2ccccc2)cc1. The first-order valence-electron chi connectivity index (χ1n) is 7.59. The highest BCUT2D eigenvalue weighted by molar-refractivity contribution is 5.97. The third kappa shape index (κ3) is 5.18. The van der Waals surface area contributed by atoms with Crippen molar-refractivity contribution in [2.75, 3.05) is 5.32 Å². The van der Waals surface area contributed by atoms with E-state index in [0.29, 0.717) is 5.75 Å². The van der Waals surface area contributed by atoms with Gasteiger partial charge in [-0.3, -0.25) is 4.79 Å². The van der Waals surface area contributed by atoms with Crippen LogP contribution in [0.15, 0.2) is 66.4 Å². The number of benzene rings is 2. The van der Waals surface area contributed by atoms with Crippen molar-refractivity contribution in [3.8, 4) is 17.6 Å². The quantitative estimate of drug-likeness (QED) is 0.626. The van der Waals surface area contributed by atoms with Gasteiger partial charge in [-0.15, -0.1) is 0 Å². The van der Waals surface area contributed by atoms with Crippen molar-refractivity contribution in [2.45, 2.75) is 19.9 Å². The van der Waals surface area contributed by atoms with Crippen LogP contribution in [-0.2, 0) is 4.79 Å². The zero-order chi connectivity index (χ0) is 17.4. The molecule has 0 aliphatic carbocycles. The summed E-state index contributed by atoms with van der Waals surface area (Å²) >= 11 is 0. The summed E-state index contributed by atoms with van der Waals surface area (Å²) in [5.74, 6) is 1.06. The molecular weight excluding hydrogens is 302 g/mol. The number of nitrogens with zero attached hydrogens (tertiary/aromatic N) is 1. The Bertz CT molecular complexity index is 744. The van der Waals surface area contributed by atoms with Crippen LogP contribution in [0.25, 0.3) is 0 Å². The molecule has 0 spiro atoms.